The molecule has 0 saturated carbocycles. The first-order valence-corrected chi connectivity index (χ1v) is 8.35. The van der Waals surface area contributed by atoms with E-state index in [0.29, 0.717) is 25.6 Å². The van der Waals surface area contributed by atoms with Crippen molar-refractivity contribution in [1.29, 1.82) is 0 Å². The van der Waals surface area contributed by atoms with Gasteiger partial charge in [0.1, 0.15) is 5.75 Å². The molecule has 0 bridgehead atoms. The summed E-state index contributed by atoms with van der Waals surface area (Å²) in [5.41, 5.74) is 2.27. The molecule has 5 nitrogen and oxygen atoms in total. The summed E-state index contributed by atoms with van der Waals surface area (Å²) < 4.78 is 5.82. The fourth-order valence-corrected chi connectivity index (χ4v) is 2.84. The number of hydrogen-bond donors (Lipinski definition) is 1. The molecule has 1 aliphatic heterocycles. The number of amides is 1. The highest BCUT2D eigenvalue weighted by Gasteiger charge is 2.21. The number of β-amino-alcohol motifs (C(OH)–C–C–N with tert-alkyl or cyclic N) is 1. The van der Waals surface area contributed by atoms with Crippen LogP contribution in [0.1, 0.15) is 30.9 Å². The minimum absolute atomic E-state index is 0.0323. The Balaban J connectivity index is 1.89. The maximum atomic E-state index is 12.3. The number of carbonyl (C=O) groups excluding carboxylic acids is 1. The molecule has 23 heavy (non-hydrogen) atoms. The summed E-state index contributed by atoms with van der Waals surface area (Å²) in [7, 11) is 0. The van der Waals surface area contributed by atoms with Crippen LogP contribution in [0.2, 0.25) is 0 Å². The Labute approximate surface area is 138 Å². The van der Waals surface area contributed by atoms with Crippen molar-refractivity contribution in [2.24, 2.45) is 0 Å². The summed E-state index contributed by atoms with van der Waals surface area (Å²) in [6.45, 7) is 10.2. The monoisotopic (exact) mass is 320 g/mol. The van der Waals surface area contributed by atoms with Crippen LogP contribution < -0.4 is 4.74 Å². The average molecular weight is 320 g/mol. The van der Waals surface area contributed by atoms with Gasteiger partial charge in [0, 0.05) is 32.7 Å². The number of aryl methyl sites for hydroxylation is 1. The zero-order valence-electron chi connectivity index (χ0n) is 14.4. The number of aliphatic hydroxyl groups excluding tert-OH is 1. The summed E-state index contributed by atoms with van der Waals surface area (Å²) in [6, 6.07) is 6.15. The Morgan fingerprint density at radius 3 is 2.57 bits per heavy atom. The van der Waals surface area contributed by atoms with Crippen LogP contribution in [0.3, 0.4) is 0 Å². The van der Waals surface area contributed by atoms with Gasteiger partial charge in [-0.15, -0.1) is 0 Å². The van der Waals surface area contributed by atoms with Gasteiger partial charge in [0.15, 0.2) is 6.61 Å². The molecule has 0 radical (unpaired) electrons. The van der Waals surface area contributed by atoms with Crippen LogP contribution >= 0.6 is 0 Å². The molecule has 1 amide bonds. The molecule has 1 fully saturated rings. The largest absolute Gasteiger partial charge is 0.483 e. The first-order chi connectivity index (χ1) is 11.0. The lowest BCUT2D eigenvalue weighted by molar-refractivity contribution is -0.135. The van der Waals surface area contributed by atoms with Gasteiger partial charge >= 0.3 is 0 Å². The molecule has 0 aromatic heterocycles. The van der Waals surface area contributed by atoms with E-state index < -0.39 is 0 Å². The normalized spacial score (nSPS) is 16.0. The van der Waals surface area contributed by atoms with E-state index in [4.69, 9.17) is 9.84 Å². The summed E-state index contributed by atoms with van der Waals surface area (Å²) in [5, 5.41) is 8.95. The Bertz CT molecular complexity index is 523. The van der Waals surface area contributed by atoms with Crippen molar-refractivity contribution in [3.05, 3.63) is 29.3 Å². The highest BCUT2D eigenvalue weighted by molar-refractivity contribution is 5.78. The van der Waals surface area contributed by atoms with Gasteiger partial charge in [-0.2, -0.15) is 0 Å². The standard InChI is InChI=1S/C18H28N2O3/c1-14(2)16-5-4-15(3)12-17(16)23-13-18(22)20-8-6-19(7-9-20)10-11-21/h4-5,12,14,21H,6-11,13H2,1-3H3. The topological polar surface area (TPSA) is 53.0 Å². The Hall–Kier alpha value is -1.59. The van der Waals surface area contributed by atoms with Gasteiger partial charge in [-0.3, -0.25) is 9.69 Å². The van der Waals surface area contributed by atoms with Crippen molar-refractivity contribution in [3.8, 4) is 5.75 Å². The van der Waals surface area contributed by atoms with Crippen molar-refractivity contribution < 1.29 is 14.6 Å². The summed E-state index contributed by atoms with van der Waals surface area (Å²) >= 11 is 0. The SMILES string of the molecule is Cc1ccc(C(C)C)c(OCC(=O)N2CCN(CCO)CC2)c1. The lowest BCUT2D eigenvalue weighted by Crippen LogP contribution is -2.50. The van der Waals surface area contributed by atoms with Crippen LogP contribution in [-0.2, 0) is 4.79 Å². The second-order valence-corrected chi connectivity index (χ2v) is 6.43. The van der Waals surface area contributed by atoms with Crippen molar-refractivity contribution in [2.75, 3.05) is 45.9 Å². The molecule has 0 aliphatic carbocycles. The second-order valence-electron chi connectivity index (χ2n) is 6.43. The lowest BCUT2D eigenvalue weighted by atomic mass is 10.0. The summed E-state index contributed by atoms with van der Waals surface area (Å²) in [4.78, 5) is 16.3. The number of benzene rings is 1. The van der Waals surface area contributed by atoms with Gasteiger partial charge < -0.3 is 14.7 Å². The van der Waals surface area contributed by atoms with E-state index in [1.807, 2.05) is 17.9 Å². The van der Waals surface area contributed by atoms with Crippen LogP contribution in [0.5, 0.6) is 5.75 Å². The highest BCUT2D eigenvalue weighted by Crippen LogP contribution is 2.27. The number of ether oxygens (including phenoxy) is 1. The van der Waals surface area contributed by atoms with Crippen LogP contribution in [0.25, 0.3) is 0 Å². The van der Waals surface area contributed by atoms with Gasteiger partial charge in [-0.1, -0.05) is 26.0 Å². The molecule has 128 valence electrons. The first-order valence-electron chi connectivity index (χ1n) is 8.35. The number of hydrogen-bond acceptors (Lipinski definition) is 4. The quantitative estimate of drug-likeness (QED) is 0.866. The van der Waals surface area contributed by atoms with Crippen molar-refractivity contribution in [2.45, 2.75) is 26.7 Å². The van der Waals surface area contributed by atoms with Gasteiger partial charge in [0.2, 0.25) is 0 Å². The zero-order chi connectivity index (χ0) is 16.8. The van der Waals surface area contributed by atoms with Gasteiger partial charge in [-0.05, 0) is 30.0 Å². The molecule has 5 heteroatoms. The molecule has 1 N–H and O–H groups in total. The Morgan fingerprint density at radius 2 is 1.96 bits per heavy atom. The number of aliphatic hydroxyl groups is 1. The van der Waals surface area contributed by atoms with Crippen molar-refractivity contribution in [1.82, 2.24) is 9.80 Å². The third-order valence-corrected chi connectivity index (χ3v) is 4.28. The molecule has 1 heterocycles. The number of piperazine rings is 1. The zero-order valence-corrected chi connectivity index (χ0v) is 14.4. The summed E-state index contributed by atoms with van der Waals surface area (Å²) in [6.07, 6.45) is 0. The second kappa shape index (κ2) is 8.31. The van der Waals surface area contributed by atoms with Crippen LogP contribution in [0.15, 0.2) is 18.2 Å². The maximum absolute atomic E-state index is 12.3. The van der Waals surface area contributed by atoms with E-state index in [9.17, 15) is 4.79 Å². The van der Waals surface area contributed by atoms with E-state index in [-0.39, 0.29) is 19.1 Å². The predicted molar refractivity (Wildman–Crippen MR) is 90.9 cm³/mol. The van der Waals surface area contributed by atoms with E-state index >= 15 is 0 Å². The number of carbonyl (C=O) groups is 1. The van der Waals surface area contributed by atoms with Crippen LogP contribution in [-0.4, -0.2) is 66.8 Å². The molecule has 1 aliphatic rings. The van der Waals surface area contributed by atoms with E-state index in [0.717, 1.165) is 30.0 Å². The molecule has 0 spiro atoms. The van der Waals surface area contributed by atoms with E-state index in [1.165, 1.54) is 0 Å². The first kappa shape index (κ1) is 17.8. The van der Waals surface area contributed by atoms with Crippen molar-refractivity contribution in [3.63, 3.8) is 0 Å². The Morgan fingerprint density at radius 1 is 1.26 bits per heavy atom. The molecule has 2 rings (SSSR count). The molecule has 1 aromatic rings. The van der Waals surface area contributed by atoms with Gasteiger partial charge in [0.25, 0.3) is 5.91 Å². The molecule has 0 atom stereocenters. The smallest absolute Gasteiger partial charge is 0.260 e. The minimum atomic E-state index is 0.0323. The fraction of sp³-hybridized carbons (Fsp3) is 0.611. The third-order valence-electron chi connectivity index (χ3n) is 4.28. The van der Waals surface area contributed by atoms with E-state index in [2.05, 4.69) is 30.9 Å². The molecular weight excluding hydrogens is 292 g/mol. The number of rotatable bonds is 6. The van der Waals surface area contributed by atoms with Gasteiger partial charge in [0.05, 0.1) is 6.61 Å². The molecular formula is C18H28N2O3. The minimum Gasteiger partial charge on any atom is -0.483 e. The maximum Gasteiger partial charge on any atom is 0.260 e. The fourth-order valence-electron chi connectivity index (χ4n) is 2.84. The molecule has 1 aromatic carbocycles. The van der Waals surface area contributed by atoms with Gasteiger partial charge in [-0.25, -0.2) is 0 Å². The summed E-state index contributed by atoms with van der Waals surface area (Å²) in [5.74, 6) is 1.21. The number of nitrogens with zero attached hydrogens (tertiary/aromatic N) is 2. The van der Waals surface area contributed by atoms with Crippen LogP contribution in [0, 0.1) is 6.92 Å². The predicted octanol–water partition coefficient (Wildman–Crippen LogP) is 1.63. The van der Waals surface area contributed by atoms with E-state index in [1.54, 1.807) is 0 Å². The highest BCUT2D eigenvalue weighted by atomic mass is 16.5. The third kappa shape index (κ3) is 4.94. The van der Waals surface area contributed by atoms with Crippen molar-refractivity contribution >= 4 is 5.91 Å². The van der Waals surface area contributed by atoms with Crippen LogP contribution in [0.4, 0.5) is 0 Å². The Kier molecular flexibility index (Phi) is 6.42. The average Bonchev–Trinajstić information content (AvgIpc) is 2.53. The molecule has 0 unspecified atom stereocenters. The lowest BCUT2D eigenvalue weighted by Gasteiger charge is -2.34. The molecule has 1 saturated heterocycles.